The maximum Gasteiger partial charge on any atom is 0.225 e. The molecule has 0 radical (unpaired) electrons. The van der Waals surface area contributed by atoms with Crippen LogP contribution in [-0.2, 0) is 0 Å². The van der Waals surface area contributed by atoms with Crippen molar-refractivity contribution in [1.82, 2.24) is 4.98 Å². The minimum absolute atomic E-state index is 0.00424. The molecule has 0 spiro atoms. The van der Waals surface area contributed by atoms with Crippen LogP contribution in [0.2, 0.25) is 5.02 Å². The molecule has 1 aromatic heterocycles. The van der Waals surface area contributed by atoms with Crippen LogP contribution in [0.15, 0.2) is 36.5 Å². The average molecular weight is 362 g/mol. The van der Waals surface area contributed by atoms with E-state index in [1.165, 1.54) is 6.20 Å². The summed E-state index contributed by atoms with van der Waals surface area (Å²) in [6.45, 7) is 0. The molecule has 1 heterocycles. The third-order valence-electron chi connectivity index (χ3n) is 2.19. The summed E-state index contributed by atoms with van der Waals surface area (Å²) in [6.07, 6.45) is 1.33. The summed E-state index contributed by atoms with van der Waals surface area (Å²) in [5.74, 6) is -1.14. The lowest BCUT2D eigenvalue weighted by Gasteiger charge is -2.04. The molecule has 0 bridgehead atoms. The van der Waals surface area contributed by atoms with Gasteiger partial charge in [-0.2, -0.15) is 4.39 Å². The summed E-state index contributed by atoms with van der Waals surface area (Å²) in [6, 6.07) is 7.90. The molecule has 0 amide bonds. The minimum atomic E-state index is -0.753. The van der Waals surface area contributed by atoms with Gasteiger partial charge in [0.1, 0.15) is 0 Å². The van der Waals surface area contributed by atoms with Gasteiger partial charge >= 0.3 is 0 Å². The second-order valence-electron chi connectivity index (χ2n) is 3.29. The van der Waals surface area contributed by atoms with Crippen molar-refractivity contribution in [2.75, 3.05) is 0 Å². The van der Waals surface area contributed by atoms with Gasteiger partial charge < -0.3 is 0 Å². The molecule has 5 heteroatoms. The Morgan fingerprint density at radius 3 is 2.47 bits per heavy atom. The molecular formula is C12H6ClFINO. The number of rotatable bonds is 2. The number of carbonyl (C=O) groups is 1. The topological polar surface area (TPSA) is 30.0 Å². The van der Waals surface area contributed by atoms with Crippen LogP contribution < -0.4 is 0 Å². The molecule has 0 saturated heterocycles. The van der Waals surface area contributed by atoms with E-state index in [4.69, 9.17) is 11.6 Å². The summed E-state index contributed by atoms with van der Waals surface area (Å²) in [4.78, 5) is 15.6. The molecule has 1 aromatic carbocycles. The van der Waals surface area contributed by atoms with Crippen molar-refractivity contribution in [2.24, 2.45) is 0 Å². The number of carbonyl (C=O) groups excluding carboxylic acids is 1. The Hall–Kier alpha value is -1.01. The van der Waals surface area contributed by atoms with Gasteiger partial charge in [-0.15, -0.1) is 0 Å². The van der Waals surface area contributed by atoms with E-state index in [2.05, 4.69) is 4.98 Å². The molecule has 2 rings (SSSR count). The van der Waals surface area contributed by atoms with Crippen molar-refractivity contribution in [3.8, 4) is 0 Å². The standard InChI is InChI=1S/C12H6ClFINO/c13-8-3-1-7(2-4-8)11(17)10-9(15)5-6-16-12(10)14/h1-6H. The Labute approximate surface area is 116 Å². The van der Waals surface area contributed by atoms with Gasteiger partial charge in [0, 0.05) is 20.4 Å². The molecule has 86 valence electrons. The molecule has 17 heavy (non-hydrogen) atoms. The van der Waals surface area contributed by atoms with Gasteiger partial charge in [-0.3, -0.25) is 4.79 Å². The van der Waals surface area contributed by atoms with Crippen LogP contribution in [0.25, 0.3) is 0 Å². The minimum Gasteiger partial charge on any atom is -0.288 e. The van der Waals surface area contributed by atoms with Crippen molar-refractivity contribution in [2.45, 2.75) is 0 Å². The highest BCUT2D eigenvalue weighted by Crippen LogP contribution is 2.19. The maximum atomic E-state index is 13.5. The Balaban J connectivity index is 2.47. The second kappa shape index (κ2) is 5.10. The van der Waals surface area contributed by atoms with Gasteiger partial charge in [-0.05, 0) is 52.9 Å². The molecular weight excluding hydrogens is 355 g/mol. The molecule has 0 saturated carbocycles. The maximum absolute atomic E-state index is 13.5. The van der Waals surface area contributed by atoms with E-state index in [0.29, 0.717) is 14.2 Å². The Morgan fingerprint density at radius 2 is 1.88 bits per heavy atom. The highest BCUT2D eigenvalue weighted by atomic mass is 127. The van der Waals surface area contributed by atoms with Crippen molar-refractivity contribution in [3.05, 3.63) is 62.2 Å². The van der Waals surface area contributed by atoms with E-state index >= 15 is 0 Å². The van der Waals surface area contributed by atoms with Gasteiger partial charge in [0.2, 0.25) is 5.95 Å². The monoisotopic (exact) mass is 361 g/mol. The molecule has 0 aliphatic rings. The normalized spacial score (nSPS) is 10.3. The predicted molar refractivity (Wildman–Crippen MR) is 71.8 cm³/mol. The quantitative estimate of drug-likeness (QED) is 0.464. The lowest BCUT2D eigenvalue weighted by molar-refractivity contribution is 0.103. The summed E-state index contributed by atoms with van der Waals surface area (Å²) in [5, 5.41) is 0.530. The number of hydrogen-bond acceptors (Lipinski definition) is 2. The van der Waals surface area contributed by atoms with Crippen LogP contribution in [-0.4, -0.2) is 10.8 Å². The average Bonchev–Trinajstić information content (AvgIpc) is 2.29. The molecule has 0 N–H and O–H groups in total. The summed E-state index contributed by atoms with van der Waals surface area (Å²) in [5.41, 5.74) is 0.384. The van der Waals surface area contributed by atoms with Gasteiger partial charge in [0.15, 0.2) is 5.78 Å². The Morgan fingerprint density at radius 1 is 1.24 bits per heavy atom. The third-order valence-corrected chi connectivity index (χ3v) is 3.34. The first-order chi connectivity index (χ1) is 8.09. The van der Waals surface area contributed by atoms with Crippen LogP contribution >= 0.6 is 34.2 Å². The molecule has 2 aromatic rings. The van der Waals surface area contributed by atoms with E-state index in [1.54, 1.807) is 30.3 Å². The number of ketones is 1. The molecule has 0 fully saturated rings. The summed E-state index contributed by atoms with van der Waals surface area (Å²) >= 11 is 7.63. The van der Waals surface area contributed by atoms with Gasteiger partial charge in [0.05, 0.1) is 5.56 Å². The summed E-state index contributed by atoms with van der Waals surface area (Å²) in [7, 11) is 0. The molecule has 0 unspecified atom stereocenters. The van der Waals surface area contributed by atoms with E-state index < -0.39 is 11.7 Å². The number of aromatic nitrogens is 1. The zero-order valence-corrected chi connectivity index (χ0v) is 11.4. The van der Waals surface area contributed by atoms with E-state index in [1.807, 2.05) is 22.6 Å². The van der Waals surface area contributed by atoms with Crippen molar-refractivity contribution in [1.29, 1.82) is 0 Å². The van der Waals surface area contributed by atoms with Crippen molar-refractivity contribution >= 4 is 40.0 Å². The van der Waals surface area contributed by atoms with E-state index in [0.717, 1.165) is 0 Å². The zero-order chi connectivity index (χ0) is 12.4. The van der Waals surface area contributed by atoms with E-state index in [-0.39, 0.29) is 5.56 Å². The lowest BCUT2D eigenvalue weighted by atomic mass is 10.1. The van der Waals surface area contributed by atoms with Gasteiger partial charge in [-0.1, -0.05) is 11.6 Å². The number of halogens is 3. The van der Waals surface area contributed by atoms with Gasteiger partial charge in [0.25, 0.3) is 0 Å². The summed E-state index contributed by atoms with van der Waals surface area (Å²) < 4.78 is 14.0. The highest BCUT2D eigenvalue weighted by Gasteiger charge is 2.18. The smallest absolute Gasteiger partial charge is 0.225 e. The molecule has 0 atom stereocenters. The largest absolute Gasteiger partial charge is 0.288 e. The number of nitrogens with zero attached hydrogens (tertiary/aromatic N) is 1. The first-order valence-electron chi connectivity index (χ1n) is 4.70. The fourth-order valence-corrected chi connectivity index (χ4v) is 2.12. The first-order valence-corrected chi connectivity index (χ1v) is 6.15. The number of benzene rings is 1. The van der Waals surface area contributed by atoms with Gasteiger partial charge in [-0.25, -0.2) is 4.98 Å². The van der Waals surface area contributed by atoms with Crippen LogP contribution in [0.4, 0.5) is 4.39 Å². The fraction of sp³-hybridized carbons (Fsp3) is 0. The SMILES string of the molecule is O=C(c1ccc(Cl)cc1)c1c(I)ccnc1F. The molecule has 0 aliphatic heterocycles. The van der Waals surface area contributed by atoms with Crippen LogP contribution in [0, 0.1) is 9.52 Å². The fourth-order valence-electron chi connectivity index (χ4n) is 1.36. The number of pyridine rings is 1. The Kier molecular flexibility index (Phi) is 3.73. The van der Waals surface area contributed by atoms with E-state index in [9.17, 15) is 9.18 Å². The third kappa shape index (κ3) is 2.63. The van der Waals surface area contributed by atoms with Crippen LogP contribution in [0.1, 0.15) is 15.9 Å². The van der Waals surface area contributed by atoms with Crippen LogP contribution in [0.3, 0.4) is 0 Å². The molecule has 0 aliphatic carbocycles. The Bertz CT molecular complexity index is 551. The molecule has 2 nitrogen and oxygen atoms in total. The van der Waals surface area contributed by atoms with Crippen molar-refractivity contribution in [3.63, 3.8) is 0 Å². The zero-order valence-electron chi connectivity index (χ0n) is 8.45. The van der Waals surface area contributed by atoms with Crippen molar-refractivity contribution < 1.29 is 9.18 Å². The second-order valence-corrected chi connectivity index (χ2v) is 4.89. The lowest BCUT2D eigenvalue weighted by Crippen LogP contribution is -2.08. The first kappa shape index (κ1) is 12.4. The number of hydrogen-bond donors (Lipinski definition) is 0. The predicted octanol–water partition coefficient (Wildman–Crippen LogP) is 3.71. The highest BCUT2D eigenvalue weighted by molar-refractivity contribution is 14.1. The van der Waals surface area contributed by atoms with Crippen LogP contribution in [0.5, 0.6) is 0 Å².